The van der Waals surface area contributed by atoms with Gasteiger partial charge < -0.3 is 4.55 Å². The maximum absolute atomic E-state index is 10.7. The minimum Gasteiger partial charge on any atom is -0.741 e. The molecule has 0 aromatic heterocycles. The van der Waals surface area contributed by atoms with E-state index in [2.05, 4.69) is 0 Å². The van der Waals surface area contributed by atoms with Gasteiger partial charge in [0.05, 0.1) is 14.0 Å². The fraction of sp³-hybridized carbons (Fsp3) is 0.750. The van der Waals surface area contributed by atoms with E-state index in [-0.39, 0.29) is 5.91 Å². The van der Waals surface area contributed by atoms with Crippen LogP contribution in [0, 0.1) is 0 Å². The third-order valence-corrected chi connectivity index (χ3v) is 1.26. The Hall–Kier alpha value is -0.670. The molecule has 0 unspecified atom stereocenters. The van der Waals surface area contributed by atoms with E-state index in [1.54, 1.807) is 7.05 Å². The molecule has 0 aliphatic carbocycles. The SMILES string of the molecule is C[NH2+]C(C)=O.O=S(=O)([O-])C(F)(F)F. The van der Waals surface area contributed by atoms with Crippen LogP contribution in [0.3, 0.4) is 0 Å². The van der Waals surface area contributed by atoms with Crippen LogP contribution in [-0.2, 0) is 14.9 Å². The zero-order valence-corrected chi connectivity index (χ0v) is 7.57. The molecule has 0 rings (SSSR count). The van der Waals surface area contributed by atoms with Crippen molar-refractivity contribution in [3.05, 3.63) is 0 Å². The molecule has 2 N–H and O–H groups in total. The van der Waals surface area contributed by atoms with Crippen molar-refractivity contribution in [3.63, 3.8) is 0 Å². The van der Waals surface area contributed by atoms with E-state index >= 15 is 0 Å². The van der Waals surface area contributed by atoms with E-state index in [0.717, 1.165) is 0 Å². The van der Waals surface area contributed by atoms with E-state index in [9.17, 15) is 18.0 Å². The predicted molar refractivity (Wildman–Crippen MR) is 34.3 cm³/mol. The highest BCUT2D eigenvalue weighted by molar-refractivity contribution is 7.86. The van der Waals surface area contributed by atoms with Gasteiger partial charge in [-0.1, -0.05) is 0 Å². The highest BCUT2D eigenvalue weighted by Gasteiger charge is 2.36. The summed E-state index contributed by atoms with van der Waals surface area (Å²) in [7, 11) is -4.37. The molecule has 0 aliphatic heterocycles. The predicted octanol–water partition coefficient (Wildman–Crippen LogP) is -1.22. The van der Waals surface area contributed by atoms with Crippen LogP contribution in [0.15, 0.2) is 0 Å². The second-order valence-corrected chi connectivity index (χ2v) is 3.17. The van der Waals surface area contributed by atoms with Crippen LogP contribution in [-0.4, -0.2) is 31.4 Å². The number of carbonyl (C=O) groups is 1. The number of quaternary nitrogens is 1. The summed E-state index contributed by atoms with van der Waals surface area (Å²) in [5, 5.41) is 1.53. The molecule has 0 aromatic rings. The molecule has 0 spiro atoms. The molecular formula is C4H8F3NO4S. The smallest absolute Gasteiger partial charge is 0.485 e. The van der Waals surface area contributed by atoms with Gasteiger partial charge in [0.15, 0.2) is 10.1 Å². The number of rotatable bonds is 0. The molecule has 0 radical (unpaired) electrons. The standard InChI is InChI=1S/C3H7NO.CHF3O3S/c1-3(5)4-2;2-1(3,4)8(5,6)7/h1-2H3,(H,4,5);(H,5,6,7). The molecule has 5 nitrogen and oxygen atoms in total. The zero-order chi connectivity index (χ0) is 11.3. The quantitative estimate of drug-likeness (QED) is 0.411. The molecule has 80 valence electrons. The summed E-state index contributed by atoms with van der Waals surface area (Å²) in [4.78, 5) is 9.76. The fourth-order valence-electron chi connectivity index (χ4n) is 0. The lowest BCUT2D eigenvalue weighted by Gasteiger charge is -2.08. The number of nitrogens with two attached hydrogens (primary N) is 1. The Kier molecular flexibility index (Phi) is 5.87. The van der Waals surface area contributed by atoms with E-state index in [1.807, 2.05) is 0 Å². The van der Waals surface area contributed by atoms with Crippen molar-refractivity contribution in [1.82, 2.24) is 0 Å². The van der Waals surface area contributed by atoms with Crippen LogP contribution >= 0.6 is 0 Å². The first-order valence-electron chi connectivity index (χ1n) is 2.84. The molecule has 0 aromatic carbocycles. The number of amides is 1. The molecule has 0 bridgehead atoms. The van der Waals surface area contributed by atoms with Gasteiger partial charge in [-0.2, -0.15) is 13.2 Å². The van der Waals surface area contributed by atoms with Crippen LogP contribution < -0.4 is 5.32 Å². The monoisotopic (exact) mass is 223 g/mol. The van der Waals surface area contributed by atoms with Crippen LogP contribution in [0.4, 0.5) is 13.2 Å². The first kappa shape index (κ1) is 14.8. The molecule has 1 amide bonds. The highest BCUT2D eigenvalue weighted by Crippen LogP contribution is 2.20. The van der Waals surface area contributed by atoms with Gasteiger partial charge in [-0.25, -0.2) is 13.2 Å². The van der Waals surface area contributed by atoms with Crippen LogP contribution in [0.2, 0.25) is 0 Å². The average molecular weight is 223 g/mol. The van der Waals surface area contributed by atoms with E-state index in [1.165, 1.54) is 12.2 Å². The molecule has 0 saturated heterocycles. The summed E-state index contributed by atoms with van der Waals surface area (Å²) in [6, 6.07) is 0. The normalized spacial score (nSPS) is 11.5. The van der Waals surface area contributed by atoms with Crippen LogP contribution in [0.5, 0.6) is 0 Å². The lowest BCUT2D eigenvalue weighted by Crippen LogP contribution is -2.83. The van der Waals surface area contributed by atoms with Gasteiger partial charge in [0.1, 0.15) is 0 Å². The summed E-state index contributed by atoms with van der Waals surface area (Å²) in [5.74, 6) is 0.130. The zero-order valence-electron chi connectivity index (χ0n) is 6.75. The van der Waals surface area contributed by atoms with Crippen LogP contribution in [0.25, 0.3) is 0 Å². The third-order valence-electron chi connectivity index (χ3n) is 0.690. The average Bonchev–Trinajstić information content (AvgIpc) is 1.84. The molecule has 0 heterocycles. The van der Waals surface area contributed by atoms with Gasteiger partial charge in [-0.15, -0.1) is 0 Å². The van der Waals surface area contributed by atoms with E-state index < -0.39 is 15.6 Å². The van der Waals surface area contributed by atoms with Crippen molar-refractivity contribution < 1.29 is 36.3 Å². The first-order valence-corrected chi connectivity index (χ1v) is 4.25. The molecule has 0 atom stereocenters. The minimum atomic E-state index is -6.09. The highest BCUT2D eigenvalue weighted by atomic mass is 32.2. The molecule has 0 fully saturated rings. The number of carbonyl (C=O) groups excluding carboxylic acids is 1. The summed E-state index contributed by atoms with van der Waals surface area (Å²) in [5.41, 5.74) is -5.65. The number of hydrogen-bond acceptors (Lipinski definition) is 4. The Labute approximate surface area is 72.7 Å². The van der Waals surface area contributed by atoms with Gasteiger partial charge in [-0.3, -0.25) is 5.32 Å². The molecule has 0 saturated carbocycles. The number of hydrogen-bond donors (Lipinski definition) is 1. The molecular weight excluding hydrogens is 215 g/mol. The molecule has 13 heavy (non-hydrogen) atoms. The maximum Gasteiger partial charge on any atom is 0.485 e. The van der Waals surface area contributed by atoms with Gasteiger partial charge in [0.25, 0.3) is 0 Å². The third kappa shape index (κ3) is 9.24. The lowest BCUT2D eigenvalue weighted by atomic mass is 10.7. The molecule has 9 heteroatoms. The van der Waals surface area contributed by atoms with Crippen LogP contribution in [0.1, 0.15) is 6.92 Å². The Bertz CT molecular complexity index is 257. The van der Waals surface area contributed by atoms with Crippen molar-refractivity contribution in [2.45, 2.75) is 12.4 Å². The van der Waals surface area contributed by atoms with Gasteiger partial charge in [0, 0.05) is 0 Å². The maximum atomic E-state index is 10.7. The van der Waals surface area contributed by atoms with Crippen molar-refractivity contribution in [1.29, 1.82) is 0 Å². The van der Waals surface area contributed by atoms with Crippen molar-refractivity contribution >= 4 is 16.0 Å². The minimum absolute atomic E-state index is 0.130. The number of halogens is 3. The fourth-order valence-corrected chi connectivity index (χ4v) is 0. The summed E-state index contributed by atoms with van der Waals surface area (Å²) in [6.07, 6.45) is 0. The Morgan fingerprint density at radius 1 is 1.38 bits per heavy atom. The Balaban J connectivity index is 0. The first-order chi connectivity index (χ1) is 5.52. The largest absolute Gasteiger partial charge is 0.741 e. The Morgan fingerprint density at radius 3 is 1.54 bits per heavy atom. The number of alkyl halides is 3. The number of primary amides is 1. The molecule has 0 aliphatic rings. The topological polar surface area (TPSA) is 90.9 Å². The summed E-state index contributed by atoms with van der Waals surface area (Å²) in [6.45, 7) is 1.53. The van der Waals surface area contributed by atoms with Crippen molar-refractivity contribution in [2.75, 3.05) is 7.05 Å². The van der Waals surface area contributed by atoms with Crippen molar-refractivity contribution in [3.8, 4) is 0 Å². The van der Waals surface area contributed by atoms with Gasteiger partial charge in [-0.05, 0) is 0 Å². The van der Waals surface area contributed by atoms with E-state index in [0.29, 0.717) is 0 Å². The van der Waals surface area contributed by atoms with Gasteiger partial charge >= 0.3 is 11.4 Å². The van der Waals surface area contributed by atoms with Crippen molar-refractivity contribution in [2.24, 2.45) is 0 Å². The lowest BCUT2D eigenvalue weighted by molar-refractivity contribution is -0.537. The summed E-state index contributed by atoms with van der Waals surface area (Å²) >= 11 is 0. The second-order valence-electron chi connectivity index (χ2n) is 1.80. The Morgan fingerprint density at radius 2 is 1.54 bits per heavy atom. The van der Waals surface area contributed by atoms with Gasteiger partial charge in [0.2, 0.25) is 0 Å². The summed E-state index contributed by atoms with van der Waals surface area (Å²) < 4.78 is 58.9. The van der Waals surface area contributed by atoms with E-state index in [4.69, 9.17) is 13.0 Å². The second kappa shape index (κ2) is 5.14.